The van der Waals surface area contributed by atoms with Crippen LogP contribution in [0.4, 0.5) is 0 Å². The standard InChI is InChI=1S/C15H20N2O2S/c1-4-5-16-14(15-17-6-7-20-15)11-8-12(18-2)10-13(9-11)19-3/h6-10,14,16H,4-5H2,1-3H3. The van der Waals surface area contributed by atoms with E-state index in [2.05, 4.69) is 17.2 Å². The van der Waals surface area contributed by atoms with Crippen molar-refractivity contribution in [2.45, 2.75) is 19.4 Å². The van der Waals surface area contributed by atoms with E-state index in [4.69, 9.17) is 9.47 Å². The fourth-order valence-electron chi connectivity index (χ4n) is 2.01. The van der Waals surface area contributed by atoms with Gasteiger partial charge < -0.3 is 14.8 Å². The number of ether oxygens (including phenoxy) is 2. The largest absolute Gasteiger partial charge is 0.497 e. The minimum atomic E-state index is 0.0685. The first-order valence-corrected chi connectivity index (χ1v) is 7.52. The molecule has 0 aliphatic carbocycles. The summed E-state index contributed by atoms with van der Waals surface area (Å²) in [6.45, 7) is 3.09. The lowest BCUT2D eigenvalue weighted by Crippen LogP contribution is -2.23. The molecular formula is C15H20N2O2S. The molecule has 108 valence electrons. The van der Waals surface area contributed by atoms with Gasteiger partial charge in [-0.15, -0.1) is 11.3 Å². The molecule has 2 aromatic rings. The summed E-state index contributed by atoms with van der Waals surface area (Å²) >= 11 is 1.65. The summed E-state index contributed by atoms with van der Waals surface area (Å²) in [5.74, 6) is 1.58. The highest BCUT2D eigenvalue weighted by atomic mass is 32.1. The smallest absolute Gasteiger partial charge is 0.122 e. The Morgan fingerprint density at radius 3 is 2.40 bits per heavy atom. The molecule has 1 aromatic heterocycles. The fourth-order valence-corrected chi connectivity index (χ4v) is 2.75. The predicted molar refractivity (Wildman–Crippen MR) is 81.8 cm³/mol. The number of rotatable bonds is 7. The van der Waals surface area contributed by atoms with Crippen molar-refractivity contribution in [2.75, 3.05) is 20.8 Å². The van der Waals surface area contributed by atoms with E-state index in [1.165, 1.54) is 0 Å². The Morgan fingerprint density at radius 1 is 1.20 bits per heavy atom. The van der Waals surface area contributed by atoms with Gasteiger partial charge in [0.05, 0.1) is 20.3 Å². The molecule has 0 radical (unpaired) electrons. The molecule has 0 aliphatic rings. The van der Waals surface area contributed by atoms with Crippen LogP contribution in [-0.4, -0.2) is 25.7 Å². The number of aromatic nitrogens is 1. The summed E-state index contributed by atoms with van der Waals surface area (Å²) in [4.78, 5) is 4.43. The Labute approximate surface area is 123 Å². The van der Waals surface area contributed by atoms with E-state index >= 15 is 0 Å². The molecule has 1 heterocycles. The monoisotopic (exact) mass is 292 g/mol. The van der Waals surface area contributed by atoms with Gasteiger partial charge in [0.25, 0.3) is 0 Å². The van der Waals surface area contributed by atoms with Crippen LogP contribution in [-0.2, 0) is 0 Å². The van der Waals surface area contributed by atoms with E-state index in [1.807, 2.05) is 29.8 Å². The third-order valence-electron chi connectivity index (χ3n) is 3.00. The van der Waals surface area contributed by atoms with Gasteiger partial charge >= 0.3 is 0 Å². The maximum absolute atomic E-state index is 5.34. The van der Waals surface area contributed by atoms with Crippen molar-refractivity contribution in [3.05, 3.63) is 40.3 Å². The zero-order chi connectivity index (χ0) is 14.4. The van der Waals surface area contributed by atoms with E-state index < -0.39 is 0 Å². The Balaban J connectivity index is 2.37. The highest BCUT2D eigenvalue weighted by Gasteiger charge is 2.17. The summed E-state index contributed by atoms with van der Waals surface area (Å²) in [7, 11) is 3.33. The molecule has 1 N–H and O–H groups in total. The Bertz CT molecular complexity index is 506. The summed E-state index contributed by atoms with van der Waals surface area (Å²) in [5.41, 5.74) is 1.10. The quantitative estimate of drug-likeness (QED) is 0.850. The molecule has 0 saturated heterocycles. The summed E-state index contributed by atoms with van der Waals surface area (Å²) in [6, 6.07) is 6.00. The lowest BCUT2D eigenvalue weighted by molar-refractivity contribution is 0.392. The average molecular weight is 292 g/mol. The Hall–Kier alpha value is -1.59. The Kier molecular flexibility index (Phi) is 5.38. The van der Waals surface area contributed by atoms with Crippen molar-refractivity contribution >= 4 is 11.3 Å². The number of methoxy groups -OCH3 is 2. The zero-order valence-electron chi connectivity index (χ0n) is 12.1. The molecule has 0 aliphatic heterocycles. The van der Waals surface area contributed by atoms with Crippen molar-refractivity contribution in [1.82, 2.24) is 10.3 Å². The molecule has 0 saturated carbocycles. The molecule has 20 heavy (non-hydrogen) atoms. The van der Waals surface area contributed by atoms with E-state index in [-0.39, 0.29) is 6.04 Å². The second-order valence-corrected chi connectivity index (χ2v) is 5.33. The number of hydrogen-bond acceptors (Lipinski definition) is 5. The molecule has 0 amide bonds. The first kappa shape index (κ1) is 14.8. The van der Waals surface area contributed by atoms with Crippen LogP contribution in [0.1, 0.15) is 30.0 Å². The number of thiazole rings is 1. The Morgan fingerprint density at radius 2 is 1.90 bits per heavy atom. The van der Waals surface area contributed by atoms with Crippen LogP contribution in [0.2, 0.25) is 0 Å². The third kappa shape index (κ3) is 3.49. The van der Waals surface area contributed by atoms with Gasteiger partial charge in [-0.1, -0.05) is 6.92 Å². The number of nitrogens with zero attached hydrogens (tertiary/aromatic N) is 1. The molecule has 0 fully saturated rings. The second-order valence-electron chi connectivity index (χ2n) is 4.40. The molecule has 1 aromatic carbocycles. The molecular weight excluding hydrogens is 272 g/mol. The van der Waals surface area contributed by atoms with Crippen LogP contribution in [0, 0.1) is 0 Å². The summed E-state index contributed by atoms with van der Waals surface area (Å²) < 4.78 is 10.7. The molecule has 2 rings (SSSR count). The maximum atomic E-state index is 5.34. The van der Waals surface area contributed by atoms with Gasteiger partial charge in [0.2, 0.25) is 0 Å². The molecule has 5 heteroatoms. The van der Waals surface area contributed by atoms with Gasteiger partial charge in [0.1, 0.15) is 16.5 Å². The maximum Gasteiger partial charge on any atom is 0.122 e. The zero-order valence-corrected chi connectivity index (χ0v) is 12.9. The van der Waals surface area contributed by atoms with E-state index in [1.54, 1.807) is 25.6 Å². The third-order valence-corrected chi connectivity index (χ3v) is 3.84. The fraction of sp³-hybridized carbons (Fsp3) is 0.400. The van der Waals surface area contributed by atoms with Crippen molar-refractivity contribution < 1.29 is 9.47 Å². The van der Waals surface area contributed by atoms with Crippen LogP contribution < -0.4 is 14.8 Å². The second kappa shape index (κ2) is 7.26. The predicted octanol–water partition coefficient (Wildman–Crippen LogP) is 3.25. The van der Waals surface area contributed by atoms with Gasteiger partial charge in [0, 0.05) is 17.6 Å². The van der Waals surface area contributed by atoms with Crippen molar-refractivity contribution in [3.63, 3.8) is 0 Å². The minimum absolute atomic E-state index is 0.0685. The van der Waals surface area contributed by atoms with Crippen LogP contribution in [0.25, 0.3) is 0 Å². The molecule has 4 nitrogen and oxygen atoms in total. The minimum Gasteiger partial charge on any atom is -0.497 e. The number of benzene rings is 1. The summed E-state index contributed by atoms with van der Waals surface area (Å²) in [6.07, 6.45) is 2.90. The lowest BCUT2D eigenvalue weighted by atomic mass is 10.1. The number of nitrogens with one attached hydrogen (secondary N) is 1. The average Bonchev–Trinajstić information content (AvgIpc) is 3.01. The molecule has 1 atom stereocenters. The van der Waals surface area contributed by atoms with Crippen LogP contribution >= 0.6 is 11.3 Å². The van der Waals surface area contributed by atoms with Crippen LogP contribution in [0.15, 0.2) is 29.8 Å². The van der Waals surface area contributed by atoms with Gasteiger partial charge in [0.15, 0.2) is 0 Å². The molecule has 0 bridgehead atoms. The van der Waals surface area contributed by atoms with E-state index in [9.17, 15) is 0 Å². The lowest BCUT2D eigenvalue weighted by Gasteiger charge is -2.18. The van der Waals surface area contributed by atoms with Crippen molar-refractivity contribution in [1.29, 1.82) is 0 Å². The highest BCUT2D eigenvalue weighted by Crippen LogP contribution is 2.30. The van der Waals surface area contributed by atoms with E-state index in [0.29, 0.717) is 0 Å². The van der Waals surface area contributed by atoms with Crippen molar-refractivity contribution in [2.24, 2.45) is 0 Å². The first-order valence-electron chi connectivity index (χ1n) is 6.64. The van der Waals surface area contributed by atoms with Gasteiger partial charge in [-0.25, -0.2) is 4.98 Å². The molecule has 1 unspecified atom stereocenters. The van der Waals surface area contributed by atoms with Gasteiger partial charge in [-0.05, 0) is 30.7 Å². The summed E-state index contributed by atoms with van der Waals surface area (Å²) in [5, 5.41) is 6.57. The topological polar surface area (TPSA) is 43.4 Å². The van der Waals surface area contributed by atoms with Gasteiger partial charge in [-0.2, -0.15) is 0 Å². The van der Waals surface area contributed by atoms with Gasteiger partial charge in [-0.3, -0.25) is 0 Å². The van der Waals surface area contributed by atoms with Crippen molar-refractivity contribution in [3.8, 4) is 11.5 Å². The number of hydrogen-bond donors (Lipinski definition) is 1. The van der Waals surface area contributed by atoms with E-state index in [0.717, 1.165) is 35.0 Å². The highest BCUT2D eigenvalue weighted by molar-refractivity contribution is 7.09. The van der Waals surface area contributed by atoms with Crippen LogP contribution in [0.5, 0.6) is 11.5 Å². The first-order chi connectivity index (χ1) is 9.78. The van der Waals surface area contributed by atoms with Crippen LogP contribution in [0.3, 0.4) is 0 Å². The molecule has 0 spiro atoms. The normalized spacial score (nSPS) is 12.2. The SMILES string of the molecule is CCCNC(c1cc(OC)cc(OC)c1)c1nccs1.